The van der Waals surface area contributed by atoms with Gasteiger partial charge in [0.05, 0.1) is 12.6 Å². The molecule has 1 unspecified atom stereocenters. The number of benzene rings is 1. The summed E-state index contributed by atoms with van der Waals surface area (Å²) in [5, 5.41) is 3.09. The maximum absolute atomic E-state index is 14.1. The second-order valence-electron chi connectivity index (χ2n) is 7.21. The first kappa shape index (κ1) is 19.3. The van der Waals surface area contributed by atoms with Crippen molar-refractivity contribution in [2.24, 2.45) is 0 Å². The lowest BCUT2D eigenvalue weighted by Crippen LogP contribution is -2.46. The number of piperidine rings is 1. The standard InChI is InChI=1S/C18H24F2N2O3/c1-18(2,3)25-17(24)10-21-13-6-7-22(11-23)16(9-13)14-8-12(19)4-5-15(14)20/h4-5,8,11,13,16,21H,6-7,9-10H2,1-3H3/t13?,16-/m0/s1. The smallest absolute Gasteiger partial charge is 0.320 e. The molecule has 0 aliphatic carbocycles. The van der Waals surface area contributed by atoms with Crippen molar-refractivity contribution in [3.63, 3.8) is 0 Å². The van der Waals surface area contributed by atoms with Crippen LogP contribution in [-0.2, 0) is 14.3 Å². The number of carbonyl (C=O) groups excluding carboxylic acids is 2. The lowest BCUT2D eigenvalue weighted by Gasteiger charge is -2.38. The molecule has 1 aromatic rings. The Labute approximate surface area is 146 Å². The van der Waals surface area contributed by atoms with Crippen molar-refractivity contribution in [2.75, 3.05) is 13.1 Å². The number of nitrogens with one attached hydrogen (secondary N) is 1. The topological polar surface area (TPSA) is 58.6 Å². The highest BCUT2D eigenvalue weighted by Crippen LogP contribution is 2.32. The molecule has 7 heteroatoms. The molecule has 0 saturated carbocycles. The first-order valence-electron chi connectivity index (χ1n) is 8.31. The van der Waals surface area contributed by atoms with Crippen LogP contribution < -0.4 is 5.32 Å². The van der Waals surface area contributed by atoms with Gasteiger partial charge in [-0.05, 0) is 51.8 Å². The molecule has 2 rings (SSSR count). The van der Waals surface area contributed by atoms with E-state index in [1.165, 1.54) is 4.90 Å². The maximum atomic E-state index is 14.1. The minimum Gasteiger partial charge on any atom is -0.459 e. The Bertz CT molecular complexity index is 631. The van der Waals surface area contributed by atoms with Crippen molar-refractivity contribution in [1.29, 1.82) is 0 Å². The fourth-order valence-electron chi connectivity index (χ4n) is 2.98. The number of rotatable bonds is 5. The number of halogens is 2. The van der Waals surface area contributed by atoms with Crippen molar-refractivity contribution < 1.29 is 23.1 Å². The highest BCUT2D eigenvalue weighted by Gasteiger charge is 2.31. The molecule has 2 atom stereocenters. The molecule has 1 aliphatic heterocycles. The number of likely N-dealkylation sites (tertiary alicyclic amines) is 1. The molecule has 1 N–H and O–H groups in total. The van der Waals surface area contributed by atoms with Crippen LogP contribution in [0.25, 0.3) is 0 Å². The summed E-state index contributed by atoms with van der Waals surface area (Å²) in [6, 6.07) is 2.55. The van der Waals surface area contributed by atoms with E-state index < -0.39 is 23.3 Å². The van der Waals surface area contributed by atoms with Gasteiger partial charge in [-0.1, -0.05) is 0 Å². The third-order valence-corrected chi connectivity index (χ3v) is 4.05. The van der Waals surface area contributed by atoms with Crippen molar-refractivity contribution in [2.45, 2.75) is 51.3 Å². The van der Waals surface area contributed by atoms with Gasteiger partial charge in [-0.2, -0.15) is 0 Å². The number of nitrogens with zero attached hydrogens (tertiary/aromatic N) is 1. The molecule has 1 fully saturated rings. The Hall–Kier alpha value is -2.02. The first-order chi connectivity index (χ1) is 11.7. The molecule has 1 amide bonds. The molecule has 138 valence electrons. The number of hydrogen-bond acceptors (Lipinski definition) is 4. The van der Waals surface area contributed by atoms with E-state index in [9.17, 15) is 18.4 Å². The number of hydrogen-bond donors (Lipinski definition) is 1. The quantitative estimate of drug-likeness (QED) is 0.652. The number of amides is 1. The predicted octanol–water partition coefficient (Wildman–Crippen LogP) is 2.56. The van der Waals surface area contributed by atoms with E-state index in [1.807, 2.05) is 0 Å². The molecule has 0 radical (unpaired) electrons. The second-order valence-corrected chi connectivity index (χ2v) is 7.21. The largest absolute Gasteiger partial charge is 0.459 e. The lowest BCUT2D eigenvalue weighted by atomic mass is 9.91. The summed E-state index contributed by atoms with van der Waals surface area (Å²) in [5.74, 6) is -1.48. The molecule has 0 bridgehead atoms. The van der Waals surface area contributed by atoms with Gasteiger partial charge in [0.25, 0.3) is 0 Å². The molecule has 0 spiro atoms. The van der Waals surface area contributed by atoms with E-state index in [0.717, 1.165) is 18.2 Å². The molecular weight excluding hydrogens is 330 g/mol. The second kappa shape index (κ2) is 7.91. The third-order valence-electron chi connectivity index (χ3n) is 4.05. The van der Waals surface area contributed by atoms with Gasteiger partial charge >= 0.3 is 5.97 Å². The summed E-state index contributed by atoms with van der Waals surface area (Å²) in [5.41, 5.74) is -0.414. The average Bonchev–Trinajstić information content (AvgIpc) is 2.53. The van der Waals surface area contributed by atoms with Crippen molar-refractivity contribution in [3.8, 4) is 0 Å². The highest BCUT2D eigenvalue weighted by atomic mass is 19.1. The number of ether oxygens (including phenoxy) is 1. The van der Waals surface area contributed by atoms with Crippen LogP contribution in [-0.4, -0.2) is 42.0 Å². The van der Waals surface area contributed by atoms with Gasteiger partial charge < -0.3 is 15.0 Å². The number of esters is 1. The fraction of sp³-hybridized carbons (Fsp3) is 0.556. The third kappa shape index (κ3) is 5.49. The Morgan fingerprint density at radius 2 is 2.12 bits per heavy atom. The summed E-state index contributed by atoms with van der Waals surface area (Å²) < 4.78 is 32.8. The van der Waals surface area contributed by atoms with Crippen LogP contribution in [0.3, 0.4) is 0 Å². The molecule has 1 saturated heterocycles. The van der Waals surface area contributed by atoms with Gasteiger partial charge in [0.1, 0.15) is 17.2 Å². The minimum atomic E-state index is -0.571. The molecular formula is C18H24F2N2O3. The van der Waals surface area contributed by atoms with E-state index in [4.69, 9.17) is 4.74 Å². The molecule has 25 heavy (non-hydrogen) atoms. The average molecular weight is 354 g/mol. The summed E-state index contributed by atoms with van der Waals surface area (Å²) in [6.07, 6.45) is 1.66. The van der Waals surface area contributed by atoms with Gasteiger partial charge in [-0.15, -0.1) is 0 Å². The van der Waals surface area contributed by atoms with Crippen LogP contribution in [0.15, 0.2) is 18.2 Å². The summed E-state index contributed by atoms with van der Waals surface area (Å²) >= 11 is 0. The Morgan fingerprint density at radius 1 is 1.40 bits per heavy atom. The SMILES string of the molecule is CC(C)(C)OC(=O)CNC1CCN(C=O)[C@H](c2cc(F)ccc2F)C1. The Morgan fingerprint density at radius 3 is 2.76 bits per heavy atom. The van der Waals surface area contributed by atoms with Crippen molar-refractivity contribution in [3.05, 3.63) is 35.4 Å². The monoisotopic (exact) mass is 354 g/mol. The zero-order chi connectivity index (χ0) is 18.6. The van der Waals surface area contributed by atoms with Crippen molar-refractivity contribution in [1.82, 2.24) is 10.2 Å². The summed E-state index contributed by atoms with van der Waals surface area (Å²) in [6.45, 7) is 5.79. The van der Waals surface area contributed by atoms with Crippen LogP contribution >= 0.6 is 0 Å². The van der Waals surface area contributed by atoms with Gasteiger partial charge in [0.15, 0.2) is 0 Å². The molecule has 1 aliphatic rings. The van der Waals surface area contributed by atoms with E-state index in [0.29, 0.717) is 25.8 Å². The predicted molar refractivity (Wildman–Crippen MR) is 88.7 cm³/mol. The van der Waals surface area contributed by atoms with Crippen LogP contribution in [0.2, 0.25) is 0 Å². The molecule has 1 heterocycles. The molecule has 5 nitrogen and oxygen atoms in total. The summed E-state index contributed by atoms with van der Waals surface area (Å²) in [4.78, 5) is 24.6. The van der Waals surface area contributed by atoms with E-state index in [-0.39, 0.29) is 24.1 Å². The first-order valence-corrected chi connectivity index (χ1v) is 8.31. The molecule has 0 aromatic heterocycles. The van der Waals surface area contributed by atoms with Crippen LogP contribution in [0.4, 0.5) is 8.78 Å². The Balaban J connectivity index is 2.04. The van der Waals surface area contributed by atoms with E-state index in [1.54, 1.807) is 20.8 Å². The Kier molecular flexibility index (Phi) is 6.11. The maximum Gasteiger partial charge on any atom is 0.320 e. The van der Waals surface area contributed by atoms with Gasteiger partial charge in [0.2, 0.25) is 6.41 Å². The van der Waals surface area contributed by atoms with Gasteiger partial charge in [-0.3, -0.25) is 9.59 Å². The van der Waals surface area contributed by atoms with Crippen LogP contribution in [0.5, 0.6) is 0 Å². The zero-order valence-corrected chi connectivity index (χ0v) is 14.7. The van der Waals surface area contributed by atoms with Crippen molar-refractivity contribution >= 4 is 12.4 Å². The van der Waals surface area contributed by atoms with E-state index >= 15 is 0 Å². The van der Waals surface area contributed by atoms with Gasteiger partial charge in [-0.25, -0.2) is 8.78 Å². The normalized spacial score (nSPS) is 21.1. The lowest BCUT2D eigenvalue weighted by molar-refractivity contribution is -0.154. The van der Waals surface area contributed by atoms with E-state index in [2.05, 4.69) is 5.32 Å². The van der Waals surface area contributed by atoms with Crippen LogP contribution in [0, 0.1) is 11.6 Å². The fourth-order valence-corrected chi connectivity index (χ4v) is 2.98. The minimum absolute atomic E-state index is 0.0291. The summed E-state index contributed by atoms with van der Waals surface area (Å²) in [7, 11) is 0. The molecule has 1 aromatic carbocycles. The van der Waals surface area contributed by atoms with Gasteiger partial charge in [0, 0.05) is 18.2 Å². The number of carbonyl (C=O) groups is 2. The van der Waals surface area contributed by atoms with Crippen LogP contribution in [0.1, 0.15) is 45.2 Å². The highest BCUT2D eigenvalue weighted by molar-refractivity contribution is 5.72. The zero-order valence-electron chi connectivity index (χ0n) is 14.7.